The van der Waals surface area contributed by atoms with Gasteiger partial charge in [-0.1, -0.05) is 53.5 Å². The molecule has 48 heavy (non-hydrogen) atoms. The van der Waals surface area contributed by atoms with Crippen LogP contribution in [0.3, 0.4) is 0 Å². The Balaban J connectivity index is 1.25. The Labute approximate surface area is 286 Å². The molecule has 2 aliphatic heterocycles. The van der Waals surface area contributed by atoms with Crippen LogP contribution < -0.4 is 10.2 Å². The minimum Gasteiger partial charge on any atom is -0.351 e. The highest BCUT2D eigenvalue weighted by Crippen LogP contribution is 2.45. The Bertz CT molecular complexity index is 2110. The van der Waals surface area contributed by atoms with Crippen molar-refractivity contribution in [3.63, 3.8) is 0 Å². The predicted molar refractivity (Wildman–Crippen MR) is 179 cm³/mol. The van der Waals surface area contributed by atoms with Crippen LogP contribution in [-0.2, 0) is 38.1 Å². The Morgan fingerprint density at radius 2 is 1.69 bits per heavy atom. The lowest BCUT2D eigenvalue weighted by molar-refractivity contribution is -0.128. The van der Waals surface area contributed by atoms with E-state index in [-0.39, 0.29) is 30.5 Å². The number of imidazole rings is 1. The Morgan fingerprint density at radius 3 is 2.33 bits per heavy atom. The maximum absolute atomic E-state index is 14.5. The van der Waals surface area contributed by atoms with Crippen LogP contribution in [0.25, 0.3) is 11.1 Å². The van der Waals surface area contributed by atoms with Crippen molar-refractivity contribution in [1.29, 1.82) is 0 Å². The van der Waals surface area contributed by atoms with Crippen LogP contribution in [0.1, 0.15) is 24.5 Å². The van der Waals surface area contributed by atoms with E-state index in [2.05, 4.69) is 25.3 Å². The number of hydrogen-bond donors (Lipinski definition) is 1. The minimum absolute atomic E-state index is 0.0931. The van der Waals surface area contributed by atoms with Crippen LogP contribution in [0.2, 0.25) is 10.0 Å². The molecule has 0 radical (unpaired) electrons. The third-order valence-corrected chi connectivity index (χ3v) is 10.9. The van der Waals surface area contributed by atoms with Crippen molar-refractivity contribution in [3.05, 3.63) is 113 Å². The molecule has 0 bridgehead atoms. The topological polar surface area (TPSA) is 143 Å². The summed E-state index contributed by atoms with van der Waals surface area (Å²) in [5.41, 5.74) is 2.17. The number of fused-ring (bicyclic) bond motifs is 1. The highest BCUT2D eigenvalue weighted by molar-refractivity contribution is 7.89. The number of carbonyl (C=O) groups is 2. The molecule has 0 aliphatic carbocycles. The standard InChI is InChI=1S/C33H28Cl2N8O4S/c1-33(14-21-4-6-23(7-5-21)24-17-37-20-38-18-24)31(45)42(27-12-25(34)11-26(35)13-27)32-40-19-29(43(32)33)48(46,47)41-10-8-28(41)30(44)39-16-22-3-2-9-36-15-22/h2-7,9,11-13,15,17-20,28H,8,10,14,16H2,1H3,(H,39,44)/t28-,33-/m1/s1. The molecule has 5 aromatic rings. The number of rotatable bonds is 9. The van der Waals surface area contributed by atoms with Crippen molar-refractivity contribution in [2.45, 2.75) is 42.9 Å². The molecule has 7 rings (SSSR count). The van der Waals surface area contributed by atoms with Gasteiger partial charge in [0.1, 0.15) is 17.9 Å². The smallest absolute Gasteiger partial charge is 0.261 e. The van der Waals surface area contributed by atoms with Crippen molar-refractivity contribution < 1.29 is 18.0 Å². The number of halogens is 2. The minimum atomic E-state index is -4.30. The summed E-state index contributed by atoms with van der Waals surface area (Å²) in [7, 11) is -4.30. The summed E-state index contributed by atoms with van der Waals surface area (Å²) >= 11 is 12.6. The third kappa shape index (κ3) is 5.62. The molecule has 0 spiro atoms. The SMILES string of the molecule is C[C@@]1(Cc2ccc(-c3cncnc3)cc2)C(=O)N(c2cc(Cl)cc(Cl)c2)c2ncc(S(=O)(=O)N3CC[C@@H]3C(=O)NCc3cccnc3)n21. The molecular formula is C33H28Cl2N8O4S. The van der Waals surface area contributed by atoms with E-state index in [1.807, 2.05) is 30.3 Å². The molecule has 0 unspecified atom stereocenters. The molecule has 0 saturated carbocycles. The molecule has 2 amide bonds. The second-order valence-electron chi connectivity index (χ2n) is 11.8. The van der Waals surface area contributed by atoms with Crippen molar-refractivity contribution in [3.8, 4) is 11.1 Å². The van der Waals surface area contributed by atoms with Crippen molar-refractivity contribution >= 4 is 56.7 Å². The number of anilines is 2. The Hall–Kier alpha value is -4.69. The average molecular weight is 704 g/mol. The number of carbonyl (C=O) groups excluding carboxylic acids is 2. The number of hydrogen-bond acceptors (Lipinski definition) is 8. The maximum atomic E-state index is 14.5. The summed E-state index contributed by atoms with van der Waals surface area (Å²) in [5.74, 6) is -0.751. The second-order valence-corrected chi connectivity index (χ2v) is 14.5. The van der Waals surface area contributed by atoms with Crippen LogP contribution >= 0.6 is 23.2 Å². The summed E-state index contributed by atoms with van der Waals surface area (Å²) in [6.45, 7) is 2.02. The first-order valence-electron chi connectivity index (χ1n) is 15.0. The molecule has 1 fully saturated rings. The number of sulfonamides is 1. The van der Waals surface area contributed by atoms with Crippen molar-refractivity contribution in [1.82, 2.24) is 34.1 Å². The van der Waals surface area contributed by atoms with E-state index in [9.17, 15) is 18.0 Å². The number of nitrogens with zero attached hydrogens (tertiary/aromatic N) is 7. The molecule has 15 heteroatoms. The van der Waals surface area contributed by atoms with Crippen molar-refractivity contribution in [2.75, 3.05) is 11.4 Å². The Kier molecular flexibility index (Phi) is 8.24. The monoisotopic (exact) mass is 702 g/mol. The van der Waals surface area contributed by atoms with E-state index < -0.39 is 33.4 Å². The summed E-state index contributed by atoms with van der Waals surface area (Å²) in [5, 5.41) is 3.20. The largest absolute Gasteiger partial charge is 0.351 e. The van der Waals surface area contributed by atoms with Crippen LogP contribution in [0, 0.1) is 0 Å². The highest BCUT2D eigenvalue weighted by Gasteiger charge is 2.54. The van der Waals surface area contributed by atoms with E-state index >= 15 is 0 Å². The fourth-order valence-corrected chi connectivity index (χ4v) is 8.45. The first kappa shape index (κ1) is 31.9. The van der Waals surface area contributed by atoms with Gasteiger partial charge in [0.25, 0.3) is 15.9 Å². The van der Waals surface area contributed by atoms with Gasteiger partial charge in [-0.2, -0.15) is 4.31 Å². The summed E-state index contributed by atoms with van der Waals surface area (Å²) in [6.07, 6.45) is 9.83. The van der Waals surface area contributed by atoms with Crippen LogP contribution in [0.15, 0.2) is 96.9 Å². The number of pyridine rings is 1. The lowest BCUT2D eigenvalue weighted by Gasteiger charge is -2.38. The van der Waals surface area contributed by atoms with E-state index in [4.69, 9.17) is 23.2 Å². The van der Waals surface area contributed by atoms with Gasteiger partial charge in [-0.05, 0) is 54.3 Å². The number of nitrogens with one attached hydrogen (secondary N) is 1. The normalized spacial score (nSPS) is 19.2. The molecule has 1 saturated heterocycles. The Morgan fingerprint density at radius 1 is 0.958 bits per heavy atom. The summed E-state index contributed by atoms with van der Waals surface area (Å²) in [4.78, 5) is 45.6. The molecular weight excluding hydrogens is 675 g/mol. The van der Waals surface area contributed by atoms with Gasteiger partial charge in [0.2, 0.25) is 11.9 Å². The number of amides is 2. The third-order valence-electron chi connectivity index (χ3n) is 8.61. The van der Waals surface area contributed by atoms with Crippen molar-refractivity contribution in [2.24, 2.45) is 0 Å². The lowest BCUT2D eigenvalue weighted by atomic mass is 9.91. The van der Waals surface area contributed by atoms with Gasteiger partial charge >= 0.3 is 0 Å². The van der Waals surface area contributed by atoms with Gasteiger partial charge in [-0.3, -0.25) is 19.1 Å². The lowest BCUT2D eigenvalue weighted by Crippen LogP contribution is -2.58. The fraction of sp³-hybridized carbons (Fsp3) is 0.212. The molecule has 244 valence electrons. The average Bonchev–Trinajstić information content (AvgIpc) is 3.58. The van der Waals surface area contributed by atoms with Gasteiger partial charge in [0.05, 0.1) is 11.9 Å². The fourth-order valence-electron chi connectivity index (χ4n) is 6.12. The molecule has 12 nitrogen and oxygen atoms in total. The summed E-state index contributed by atoms with van der Waals surface area (Å²) < 4.78 is 31.2. The number of benzene rings is 2. The van der Waals surface area contributed by atoms with Gasteiger partial charge in [-0.15, -0.1) is 0 Å². The van der Waals surface area contributed by atoms with Crippen LogP contribution in [0.4, 0.5) is 11.6 Å². The first-order valence-corrected chi connectivity index (χ1v) is 17.2. The molecule has 2 aromatic carbocycles. The molecule has 2 atom stereocenters. The molecule has 5 heterocycles. The van der Waals surface area contributed by atoms with Crippen LogP contribution in [0.5, 0.6) is 0 Å². The molecule has 1 N–H and O–H groups in total. The second kappa shape index (κ2) is 12.4. The molecule has 3 aromatic heterocycles. The molecule has 2 aliphatic rings. The zero-order chi connectivity index (χ0) is 33.6. The van der Waals surface area contributed by atoms with Crippen LogP contribution in [-0.4, -0.2) is 61.6 Å². The highest BCUT2D eigenvalue weighted by atomic mass is 35.5. The zero-order valence-electron chi connectivity index (χ0n) is 25.5. The van der Waals surface area contributed by atoms with Gasteiger partial charge in [-0.25, -0.2) is 28.3 Å². The van der Waals surface area contributed by atoms with Gasteiger partial charge < -0.3 is 5.32 Å². The van der Waals surface area contributed by atoms with E-state index in [0.29, 0.717) is 22.2 Å². The van der Waals surface area contributed by atoms with Gasteiger partial charge in [0, 0.05) is 59.9 Å². The summed E-state index contributed by atoms with van der Waals surface area (Å²) in [6, 6.07) is 14.9. The quantitative estimate of drug-likeness (QED) is 0.232. The van der Waals surface area contributed by atoms with E-state index in [1.165, 1.54) is 28.1 Å². The first-order chi connectivity index (χ1) is 23.1. The zero-order valence-corrected chi connectivity index (χ0v) is 27.8. The number of aromatic nitrogens is 5. The van der Waals surface area contributed by atoms with E-state index in [1.54, 1.807) is 49.9 Å². The predicted octanol–water partition coefficient (Wildman–Crippen LogP) is 4.76. The maximum Gasteiger partial charge on any atom is 0.261 e. The van der Waals surface area contributed by atoms with Gasteiger partial charge in [0.15, 0.2) is 5.03 Å². The van der Waals surface area contributed by atoms with E-state index in [0.717, 1.165) is 26.6 Å².